The lowest BCUT2D eigenvalue weighted by molar-refractivity contribution is -0.0195. The van der Waals surface area contributed by atoms with Crippen LogP contribution in [0.5, 0.6) is 0 Å². The maximum absolute atomic E-state index is 11.4. The van der Waals surface area contributed by atoms with Crippen LogP contribution in [0.3, 0.4) is 0 Å². The van der Waals surface area contributed by atoms with Crippen LogP contribution in [0.4, 0.5) is 4.79 Å². The number of carbonyl (C=O) groups is 1. The molecule has 0 radical (unpaired) electrons. The zero-order chi connectivity index (χ0) is 12.2. The molecule has 0 unspecified atom stereocenters. The van der Waals surface area contributed by atoms with Crippen molar-refractivity contribution in [1.29, 1.82) is 0 Å². The lowest BCUT2D eigenvalue weighted by atomic mass is 9.89. The minimum absolute atomic E-state index is 0.219. The molecule has 4 heteroatoms. The smallest absolute Gasteiger partial charge is 0.407 e. The van der Waals surface area contributed by atoms with Crippen molar-refractivity contribution in [3.63, 3.8) is 0 Å². The van der Waals surface area contributed by atoms with Gasteiger partial charge in [0.1, 0.15) is 5.60 Å². The van der Waals surface area contributed by atoms with Crippen molar-refractivity contribution in [1.82, 2.24) is 5.32 Å². The van der Waals surface area contributed by atoms with Crippen LogP contribution in [0, 0.1) is 0 Å². The van der Waals surface area contributed by atoms with Crippen molar-refractivity contribution in [2.75, 3.05) is 6.61 Å². The molecular formula is C12H23NO3. The predicted molar refractivity (Wildman–Crippen MR) is 62.4 cm³/mol. The summed E-state index contributed by atoms with van der Waals surface area (Å²) in [5.74, 6) is 0. The predicted octanol–water partition coefficient (Wildman–Crippen LogP) is 2.47. The molecule has 1 fully saturated rings. The highest BCUT2D eigenvalue weighted by atomic mass is 16.6. The van der Waals surface area contributed by atoms with Crippen LogP contribution in [0.1, 0.15) is 47.0 Å². The average molecular weight is 229 g/mol. The maximum atomic E-state index is 11.4. The van der Waals surface area contributed by atoms with Crippen LogP contribution in [0.25, 0.3) is 0 Å². The largest absolute Gasteiger partial charge is 0.444 e. The van der Waals surface area contributed by atoms with E-state index in [2.05, 4.69) is 12.2 Å². The molecule has 0 saturated heterocycles. The van der Waals surface area contributed by atoms with E-state index in [4.69, 9.17) is 9.47 Å². The summed E-state index contributed by atoms with van der Waals surface area (Å²) in [7, 11) is 0. The van der Waals surface area contributed by atoms with E-state index in [1.165, 1.54) is 0 Å². The summed E-state index contributed by atoms with van der Waals surface area (Å²) in [6, 6.07) is 0.219. The third-order valence-electron chi connectivity index (χ3n) is 2.37. The van der Waals surface area contributed by atoms with E-state index in [0.29, 0.717) is 6.10 Å². The van der Waals surface area contributed by atoms with Gasteiger partial charge in [0, 0.05) is 12.6 Å². The molecule has 0 atom stereocenters. The van der Waals surface area contributed by atoms with Gasteiger partial charge in [0.2, 0.25) is 0 Å². The molecular weight excluding hydrogens is 206 g/mol. The zero-order valence-electron chi connectivity index (χ0n) is 10.7. The Balaban J connectivity index is 2.10. The molecule has 0 aromatic heterocycles. The number of nitrogens with one attached hydrogen (secondary N) is 1. The third kappa shape index (κ3) is 4.84. The first-order chi connectivity index (χ1) is 7.40. The van der Waals surface area contributed by atoms with Crippen LogP contribution in [-0.2, 0) is 9.47 Å². The van der Waals surface area contributed by atoms with E-state index in [0.717, 1.165) is 25.9 Å². The number of hydrogen-bond donors (Lipinski definition) is 1. The molecule has 1 aliphatic carbocycles. The molecule has 0 aliphatic heterocycles. The Labute approximate surface area is 97.7 Å². The fraction of sp³-hybridized carbons (Fsp3) is 0.917. The molecule has 1 aliphatic rings. The fourth-order valence-corrected chi connectivity index (χ4v) is 1.58. The number of carbonyl (C=O) groups excluding carboxylic acids is 1. The Hall–Kier alpha value is -0.770. The average Bonchev–Trinajstić information content (AvgIpc) is 2.05. The van der Waals surface area contributed by atoms with Crippen molar-refractivity contribution in [3.05, 3.63) is 0 Å². The van der Waals surface area contributed by atoms with Gasteiger partial charge in [0.15, 0.2) is 0 Å². The van der Waals surface area contributed by atoms with E-state index >= 15 is 0 Å². The molecule has 0 bridgehead atoms. The second kappa shape index (κ2) is 5.53. The summed E-state index contributed by atoms with van der Waals surface area (Å²) in [5.41, 5.74) is -0.425. The second-order valence-electron chi connectivity index (χ2n) is 5.31. The molecule has 1 N–H and O–H groups in total. The number of amides is 1. The van der Waals surface area contributed by atoms with Gasteiger partial charge in [-0.15, -0.1) is 0 Å². The normalized spacial score (nSPS) is 24.8. The summed E-state index contributed by atoms with van der Waals surface area (Å²) >= 11 is 0. The highest BCUT2D eigenvalue weighted by Crippen LogP contribution is 2.23. The van der Waals surface area contributed by atoms with Crippen LogP contribution in [0.15, 0.2) is 0 Å². The number of ether oxygens (including phenoxy) is 2. The van der Waals surface area contributed by atoms with E-state index in [-0.39, 0.29) is 12.1 Å². The quantitative estimate of drug-likeness (QED) is 0.805. The van der Waals surface area contributed by atoms with Crippen molar-refractivity contribution in [2.24, 2.45) is 0 Å². The van der Waals surface area contributed by atoms with Crippen LogP contribution >= 0.6 is 0 Å². The number of alkyl carbamates (subject to hydrolysis) is 1. The van der Waals surface area contributed by atoms with Gasteiger partial charge in [0.05, 0.1) is 6.10 Å². The molecule has 1 amide bonds. The van der Waals surface area contributed by atoms with Crippen LogP contribution < -0.4 is 5.32 Å². The summed E-state index contributed by atoms with van der Waals surface area (Å²) in [5, 5.41) is 2.84. The fourth-order valence-electron chi connectivity index (χ4n) is 1.58. The minimum atomic E-state index is -0.425. The van der Waals surface area contributed by atoms with Gasteiger partial charge in [-0.05, 0) is 40.0 Å². The Morgan fingerprint density at radius 3 is 2.50 bits per heavy atom. The summed E-state index contributed by atoms with van der Waals surface area (Å²) in [4.78, 5) is 11.4. The van der Waals surface area contributed by atoms with Gasteiger partial charge in [0.25, 0.3) is 0 Å². The van der Waals surface area contributed by atoms with Gasteiger partial charge >= 0.3 is 6.09 Å². The van der Waals surface area contributed by atoms with Gasteiger partial charge < -0.3 is 14.8 Å². The van der Waals surface area contributed by atoms with Gasteiger partial charge in [-0.3, -0.25) is 0 Å². The monoisotopic (exact) mass is 229 g/mol. The first-order valence-electron chi connectivity index (χ1n) is 6.02. The van der Waals surface area contributed by atoms with E-state index in [1.54, 1.807) is 0 Å². The molecule has 0 heterocycles. The Morgan fingerprint density at radius 2 is 2.00 bits per heavy atom. The highest BCUT2D eigenvalue weighted by Gasteiger charge is 2.31. The molecule has 0 aromatic carbocycles. The highest BCUT2D eigenvalue weighted by molar-refractivity contribution is 5.68. The van der Waals surface area contributed by atoms with Crippen LogP contribution in [0.2, 0.25) is 0 Å². The van der Waals surface area contributed by atoms with E-state index < -0.39 is 5.60 Å². The van der Waals surface area contributed by atoms with Gasteiger partial charge in [-0.1, -0.05) is 6.92 Å². The van der Waals surface area contributed by atoms with Crippen molar-refractivity contribution in [3.8, 4) is 0 Å². The van der Waals surface area contributed by atoms with Crippen molar-refractivity contribution >= 4 is 6.09 Å². The minimum Gasteiger partial charge on any atom is -0.444 e. The molecule has 4 nitrogen and oxygen atoms in total. The summed E-state index contributed by atoms with van der Waals surface area (Å²) in [6.45, 7) is 8.49. The number of rotatable bonds is 4. The molecule has 0 aromatic rings. The summed E-state index contributed by atoms with van der Waals surface area (Å²) < 4.78 is 10.7. The first kappa shape index (κ1) is 13.3. The number of hydrogen-bond acceptors (Lipinski definition) is 3. The molecule has 94 valence electrons. The van der Waals surface area contributed by atoms with E-state index in [1.807, 2.05) is 20.8 Å². The Morgan fingerprint density at radius 1 is 1.38 bits per heavy atom. The summed E-state index contributed by atoms with van der Waals surface area (Å²) in [6.07, 6.45) is 2.84. The molecule has 16 heavy (non-hydrogen) atoms. The third-order valence-corrected chi connectivity index (χ3v) is 2.37. The topological polar surface area (TPSA) is 47.6 Å². The maximum Gasteiger partial charge on any atom is 0.407 e. The Kier molecular flexibility index (Phi) is 4.59. The molecule has 1 saturated carbocycles. The van der Waals surface area contributed by atoms with E-state index in [9.17, 15) is 4.79 Å². The molecule has 0 spiro atoms. The standard InChI is InChI=1S/C12H23NO3/c1-5-6-15-10-7-9(8-10)13-11(14)16-12(2,3)4/h9-10H,5-8H2,1-4H3,(H,13,14). The molecule has 1 rings (SSSR count). The SMILES string of the molecule is CCCOC1CC(NC(=O)OC(C)(C)C)C1. The lowest BCUT2D eigenvalue weighted by Gasteiger charge is -2.35. The zero-order valence-corrected chi connectivity index (χ0v) is 10.7. The van der Waals surface area contributed by atoms with Crippen molar-refractivity contribution in [2.45, 2.75) is 64.7 Å². The second-order valence-corrected chi connectivity index (χ2v) is 5.31. The first-order valence-corrected chi connectivity index (χ1v) is 6.02. The van der Waals surface area contributed by atoms with Gasteiger partial charge in [-0.2, -0.15) is 0 Å². The van der Waals surface area contributed by atoms with Crippen molar-refractivity contribution < 1.29 is 14.3 Å². The van der Waals surface area contributed by atoms with Crippen LogP contribution in [-0.4, -0.2) is 30.4 Å². The lowest BCUT2D eigenvalue weighted by Crippen LogP contribution is -2.49. The van der Waals surface area contributed by atoms with Gasteiger partial charge in [-0.25, -0.2) is 4.79 Å². The Bertz CT molecular complexity index is 229.